The molecule has 2 aromatic carbocycles. The first-order chi connectivity index (χ1) is 13.9. The Bertz CT molecular complexity index is 939. The van der Waals surface area contributed by atoms with E-state index < -0.39 is 10.0 Å². The lowest BCUT2D eigenvalue weighted by Crippen LogP contribution is -2.35. The highest BCUT2D eigenvalue weighted by Crippen LogP contribution is 2.21. The summed E-state index contributed by atoms with van der Waals surface area (Å²) in [6.07, 6.45) is 3.85. The number of benzene rings is 2. The molecular formula is C22H27ClN2O3S. The third kappa shape index (κ3) is 5.59. The van der Waals surface area contributed by atoms with E-state index in [9.17, 15) is 13.2 Å². The minimum atomic E-state index is -3.42. The molecule has 0 unspecified atom stereocenters. The van der Waals surface area contributed by atoms with E-state index in [4.69, 9.17) is 11.6 Å². The van der Waals surface area contributed by atoms with Crippen LogP contribution >= 0.6 is 11.6 Å². The molecule has 5 nitrogen and oxygen atoms in total. The van der Waals surface area contributed by atoms with Gasteiger partial charge in [-0.2, -0.15) is 4.31 Å². The number of halogens is 1. The molecule has 29 heavy (non-hydrogen) atoms. The van der Waals surface area contributed by atoms with Crippen LogP contribution in [-0.4, -0.2) is 43.7 Å². The summed E-state index contributed by atoms with van der Waals surface area (Å²) >= 11 is 6.16. The maximum Gasteiger partial charge on any atom is 0.243 e. The Morgan fingerprint density at radius 2 is 1.69 bits per heavy atom. The maximum absolute atomic E-state index is 12.7. The van der Waals surface area contributed by atoms with E-state index in [0.717, 1.165) is 30.4 Å². The molecule has 0 saturated carbocycles. The highest BCUT2D eigenvalue weighted by Gasteiger charge is 2.25. The molecule has 1 fully saturated rings. The van der Waals surface area contributed by atoms with Crippen LogP contribution in [-0.2, 0) is 27.8 Å². The number of piperidine rings is 1. The smallest absolute Gasteiger partial charge is 0.243 e. The van der Waals surface area contributed by atoms with Crippen molar-refractivity contribution in [3.05, 3.63) is 64.7 Å². The molecule has 2 aromatic rings. The molecule has 0 N–H and O–H groups in total. The van der Waals surface area contributed by atoms with Gasteiger partial charge in [0.1, 0.15) is 0 Å². The molecule has 0 radical (unpaired) electrons. The first-order valence-electron chi connectivity index (χ1n) is 9.94. The number of amides is 1. The van der Waals surface area contributed by atoms with E-state index in [2.05, 4.69) is 0 Å². The molecule has 1 aliphatic heterocycles. The van der Waals surface area contributed by atoms with Crippen molar-refractivity contribution in [3.63, 3.8) is 0 Å². The average molecular weight is 435 g/mol. The summed E-state index contributed by atoms with van der Waals surface area (Å²) in [6, 6.07) is 14.4. The van der Waals surface area contributed by atoms with Crippen molar-refractivity contribution in [1.29, 1.82) is 0 Å². The van der Waals surface area contributed by atoms with Crippen LogP contribution in [0, 0.1) is 0 Å². The first kappa shape index (κ1) is 21.8. The van der Waals surface area contributed by atoms with Gasteiger partial charge < -0.3 is 4.90 Å². The number of hydrogen-bond acceptors (Lipinski definition) is 3. The normalized spacial score (nSPS) is 15.2. The second kappa shape index (κ2) is 9.74. The summed E-state index contributed by atoms with van der Waals surface area (Å²) in [5.74, 6) is 0.0231. The van der Waals surface area contributed by atoms with Gasteiger partial charge in [-0.05, 0) is 48.6 Å². The molecule has 1 heterocycles. The van der Waals surface area contributed by atoms with Crippen LogP contribution in [0.2, 0.25) is 5.02 Å². The molecule has 0 bridgehead atoms. The van der Waals surface area contributed by atoms with Crippen LogP contribution in [0.1, 0.15) is 36.8 Å². The Kier molecular flexibility index (Phi) is 7.33. The largest absolute Gasteiger partial charge is 0.341 e. The number of aryl methyl sites for hydroxylation is 1. The van der Waals surface area contributed by atoms with Crippen LogP contribution in [0.15, 0.2) is 53.4 Å². The molecular weight excluding hydrogens is 408 g/mol. The van der Waals surface area contributed by atoms with Gasteiger partial charge in [-0.25, -0.2) is 8.42 Å². The Morgan fingerprint density at radius 1 is 1.03 bits per heavy atom. The van der Waals surface area contributed by atoms with Gasteiger partial charge in [-0.1, -0.05) is 48.4 Å². The maximum atomic E-state index is 12.7. The van der Waals surface area contributed by atoms with Gasteiger partial charge in [-0.3, -0.25) is 4.79 Å². The third-order valence-corrected chi connectivity index (χ3v) is 7.58. The molecule has 0 aromatic heterocycles. The van der Waals surface area contributed by atoms with E-state index in [1.165, 1.54) is 0 Å². The second-order valence-electron chi connectivity index (χ2n) is 7.45. The first-order valence-corrected chi connectivity index (χ1v) is 11.8. The van der Waals surface area contributed by atoms with Gasteiger partial charge in [-0.15, -0.1) is 0 Å². The van der Waals surface area contributed by atoms with Gasteiger partial charge in [0.2, 0.25) is 15.9 Å². The number of rotatable bonds is 7. The Balaban J connectivity index is 1.55. The minimum Gasteiger partial charge on any atom is -0.341 e. The van der Waals surface area contributed by atoms with Crippen LogP contribution < -0.4 is 0 Å². The molecule has 0 spiro atoms. The lowest BCUT2D eigenvalue weighted by molar-refractivity contribution is -0.130. The highest BCUT2D eigenvalue weighted by molar-refractivity contribution is 7.89. The molecule has 0 atom stereocenters. The zero-order valence-electron chi connectivity index (χ0n) is 16.7. The summed E-state index contributed by atoms with van der Waals surface area (Å²) in [6.45, 7) is 1.65. The third-order valence-electron chi connectivity index (χ3n) is 5.29. The monoisotopic (exact) mass is 434 g/mol. The van der Waals surface area contributed by atoms with Crippen molar-refractivity contribution in [2.45, 2.75) is 43.5 Å². The van der Waals surface area contributed by atoms with Crippen molar-refractivity contribution in [3.8, 4) is 0 Å². The van der Waals surface area contributed by atoms with E-state index in [0.29, 0.717) is 42.4 Å². The molecule has 3 rings (SSSR count). The van der Waals surface area contributed by atoms with Crippen LogP contribution in [0.25, 0.3) is 0 Å². The molecule has 0 aliphatic carbocycles. The Hall–Kier alpha value is -1.89. The zero-order valence-corrected chi connectivity index (χ0v) is 18.3. The number of carbonyl (C=O) groups excluding carboxylic acids is 1. The van der Waals surface area contributed by atoms with Crippen molar-refractivity contribution in [2.24, 2.45) is 0 Å². The number of sulfonamides is 1. The van der Waals surface area contributed by atoms with Gasteiger partial charge in [0.05, 0.1) is 4.90 Å². The predicted octanol–water partition coefficient (Wildman–Crippen LogP) is 4.11. The zero-order chi connectivity index (χ0) is 20.9. The van der Waals surface area contributed by atoms with Crippen molar-refractivity contribution in [1.82, 2.24) is 9.21 Å². The lowest BCUT2D eigenvalue weighted by atomic mass is 10.1. The predicted molar refractivity (Wildman–Crippen MR) is 115 cm³/mol. The minimum absolute atomic E-state index is 0.0231. The van der Waals surface area contributed by atoms with E-state index >= 15 is 0 Å². The number of hydrogen-bond donors (Lipinski definition) is 0. The fourth-order valence-corrected chi connectivity index (χ4v) is 5.21. The molecule has 1 aliphatic rings. The fourth-order valence-electron chi connectivity index (χ4n) is 3.49. The van der Waals surface area contributed by atoms with Crippen LogP contribution in [0.4, 0.5) is 0 Å². The van der Waals surface area contributed by atoms with Crippen LogP contribution in [0.3, 0.4) is 0 Å². The fraction of sp³-hybridized carbons (Fsp3) is 0.409. The van der Waals surface area contributed by atoms with Gasteiger partial charge >= 0.3 is 0 Å². The quantitative estimate of drug-likeness (QED) is 0.659. The summed E-state index contributed by atoms with van der Waals surface area (Å²) in [5.41, 5.74) is 1.86. The molecule has 1 amide bonds. The average Bonchev–Trinajstić information content (AvgIpc) is 2.74. The highest BCUT2D eigenvalue weighted by atomic mass is 35.5. The molecule has 156 valence electrons. The van der Waals surface area contributed by atoms with Gasteiger partial charge in [0.15, 0.2) is 0 Å². The molecule has 7 heteroatoms. The van der Waals surface area contributed by atoms with Gasteiger partial charge in [0.25, 0.3) is 0 Å². The summed E-state index contributed by atoms with van der Waals surface area (Å²) in [5, 5.41) is 0.651. The standard InChI is InChI=1S/C22H27ClN2O3S/c1-24(17-19-7-3-4-8-21(19)23)22(26)14-11-18-9-12-20(13-10-18)29(27,28)25-15-5-2-6-16-25/h3-4,7-10,12-13H,2,5-6,11,14-17H2,1H3. The van der Waals surface area contributed by atoms with E-state index in [1.807, 2.05) is 24.3 Å². The molecule has 1 saturated heterocycles. The SMILES string of the molecule is CN(Cc1ccccc1Cl)C(=O)CCc1ccc(S(=O)(=O)N2CCCCC2)cc1. The Morgan fingerprint density at radius 3 is 2.34 bits per heavy atom. The van der Waals surface area contributed by atoms with Crippen LogP contribution in [0.5, 0.6) is 0 Å². The van der Waals surface area contributed by atoms with Gasteiger partial charge in [0, 0.05) is 38.1 Å². The second-order valence-corrected chi connectivity index (χ2v) is 9.80. The lowest BCUT2D eigenvalue weighted by Gasteiger charge is -2.25. The number of nitrogens with zero attached hydrogens (tertiary/aromatic N) is 2. The van der Waals surface area contributed by atoms with Crippen molar-refractivity contribution < 1.29 is 13.2 Å². The Labute approximate surface area is 178 Å². The number of carbonyl (C=O) groups is 1. The van der Waals surface area contributed by atoms with Crippen molar-refractivity contribution >= 4 is 27.5 Å². The topological polar surface area (TPSA) is 57.7 Å². The van der Waals surface area contributed by atoms with E-state index in [1.54, 1.807) is 40.5 Å². The summed E-state index contributed by atoms with van der Waals surface area (Å²) in [4.78, 5) is 14.4. The summed E-state index contributed by atoms with van der Waals surface area (Å²) in [7, 11) is -1.65. The van der Waals surface area contributed by atoms with E-state index in [-0.39, 0.29) is 5.91 Å². The summed E-state index contributed by atoms with van der Waals surface area (Å²) < 4.78 is 27.0. The van der Waals surface area contributed by atoms with Crippen molar-refractivity contribution in [2.75, 3.05) is 20.1 Å².